The number of rotatable bonds is 5. The van der Waals surface area contributed by atoms with E-state index in [4.69, 9.17) is 0 Å². The van der Waals surface area contributed by atoms with Gasteiger partial charge in [-0.05, 0) is 55.2 Å². The lowest BCUT2D eigenvalue weighted by Crippen LogP contribution is -2.41. The van der Waals surface area contributed by atoms with E-state index in [1.165, 1.54) is 0 Å². The smallest absolute Gasteiger partial charge is 0.266 e. The molecule has 0 atom stereocenters. The molecule has 0 aliphatic carbocycles. The maximum atomic E-state index is 12.3. The molecule has 0 saturated heterocycles. The van der Waals surface area contributed by atoms with Crippen molar-refractivity contribution in [3.05, 3.63) is 64.7 Å². The van der Waals surface area contributed by atoms with Crippen molar-refractivity contribution in [1.29, 1.82) is 0 Å². The number of carbonyl (C=O) groups is 1. The zero-order valence-electron chi connectivity index (χ0n) is 13.4. The quantitative estimate of drug-likeness (QED) is 0.826. The third kappa shape index (κ3) is 4.18. The van der Waals surface area contributed by atoms with Gasteiger partial charge in [0.1, 0.15) is 0 Å². The highest BCUT2D eigenvalue weighted by atomic mass is 32.2. The first-order valence-electron chi connectivity index (χ1n) is 7.32. The first-order valence-corrected chi connectivity index (χ1v) is 8.80. The Morgan fingerprint density at radius 1 is 1.04 bits per heavy atom. The Hall–Kier alpha value is -2.18. The lowest BCUT2D eigenvalue weighted by molar-refractivity contribution is 0.0945. The van der Waals surface area contributed by atoms with Crippen LogP contribution in [0.3, 0.4) is 0 Å². The van der Waals surface area contributed by atoms with E-state index in [1.807, 2.05) is 32.0 Å². The molecule has 0 spiro atoms. The van der Waals surface area contributed by atoms with Crippen molar-refractivity contribution >= 4 is 15.9 Å². The van der Waals surface area contributed by atoms with Crippen molar-refractivity contribution in [3.63, 3.8) is 0 Å². The maximum absolute atomic E-state index is 12.3. The van der Waals surface area contributed by atoms with Gasteiger partial charge in [0, 0.05) is 5.56 Å². The number of amides is 1. The minimum absolute atomic E-state index is 0.152. The zero-order valence-corrected chi connectivity index (χ0v) is 14.2. The normalized spacial score (nSPS) is 11.3. The van der Waals surface area contributed by atoms with Gasteiger partial charge in [-0.15, -0.1) is 4.83 Å². The molecule has 1 amide bonds. The average Bonchev–Trinajstić information content (AvgIpc) is 2.55. The summed E-state index contributed by atoms with van der Waals surface area (Å²) in [4.78, 5) is 14.3. The first kappa shape index (κ1) is 17.2. The van der Waals surface area contributed by atoms with E-state index >= 15 is 0 Å². The highest BCUT2D eigenvalue weighted by Gasteiger charge is 2.18. The Morgan fingerprint density at radius 2 is 1.70 bits per heavy atom. The summed E-state index contributed by atoms with van der Waals surface area (Å²) in [5.74, 6) is -0.499. The van der Waals surface area contributed by atoms with Crippen molar-refractivity contribution in [2.24, 2.45) is 0 Å². The fourth-order valence-electron chi connectivity index (χ4n) is 2.13. The number of sulfonamides is 1. The summed E-state index contributed by atoms with van der Waals surface area (Å²) in [7, 11) is -3.81. The van der Waals surface area contributed by atoms with E-state index in [-0.39, 0.29) is 4.90 Å². The number of aryl methyl sites for hydroxylation is 3. The van der Waals surface area contributed by atoms with Crippen LogP contribution in [0.15, 0.2) is 47.4 Å². The van der Waals surface area contributed by atoms with Gasteiger partial charge < -0.3 is 0 Å². The van der Waals surface area contributed by atoms with E-state index < -0.39 is 15.9 Å². The molecule has 5 nitrogen and oxygen atoms in total. The molecular formula is C17H20N2O3S. The highest BCUT2D eigenvalue weighted by Crippen LogP contribution is 2.16. The average molecular weight is 332 g/mol. The van der Waals surface area contributed by atoms with Crippen LogP contribution in [0, 0.1) is 13.8 Å². The van der Waals surface area contributed by atoms with Crippen LogP contribution in [-0.2, 0) is 16.4 Å². The molecule has 2 rings (SSSR count). The van der Waals surface area contributed by atoms with Crippen LogP contribution in [0.25, 0.3) is 0 Å². The molecule has 0 heterocycles. The number of benzene rings is 2. The van der Waals surface area contributed by atoms with Crippen molar-refractivity contribution < 1.29 is 13.2 Å². The summed E-state index contributed by atoms with van der Waals surface area (Å²) < 4.78 is 24.6. The Balaban J connectivity index is 2.12. The largest absolute Gasteiger partial charge is 0.273 e. The van der Waals surface area contributed by atoms with E-state index in [0.717, 1.165) is 17.5 Å². The predicted octanol–water partition coefficient (Wildman–Crippen LogP) is 2.49. The molecule has 0 aliphatic rings. The topological polar surface area (TPSA) is 75.3 Å². The van der Waals surface area contributed by atoms with Crippen molar-refractivity contribution in [2.45, 2.75) is 32.1 Å². The highest BCUT2D eigenvalue weighted by molar-refractivity contribution is 7.89. The van der Waals surface area contributed by atoms with E-state index in [9.17, 15) is 13.2 Å². The van der Waals surface area contributed by atoms with Crippen LogP contribution in [0.5, 0.6) is 0 Å². The zero-order chi connectivity index (χ0) is 17.0. The first-order chi connectivity index (χ1) is 10.8. The predicted molar refractivity (Wildman–Crippen MR) is 89.5 cm³/mol. The molecule has 122 valence electrons. The van der Waals surface area contributed by atoms with E-state index in [1.54, 1.807) is 31.2 Å². The van der Waals surface area contributed by atoms with Gasteiger partial charge in [-0.25, -0.2) is 8.42 Å². The van der Waals surface area contributed by atoms with Crippen LogP contribution < -0.4 is 10.3 Å². The second kappa shape index (κ2) is 6.93. The molecule has 0 aromatic heterocycles. The number of nitrogens with one attached hydrogen (secondary N) is 2. The summed E-state index contributed by atoms with van der Waals surface area (Å²) in [6, 6.07) is 12.2. The van der Waals surface area contributed by atoms with Gasteiger partial charge in [0.2, 0.25) is 0 Å². The Morgan fingerprint density at radius 3 is 2.30 bits per heavy atom. The summed E-state index contributed by atoms with van der Waals surface area (Å²) in [6.45, 7) is 5.54. The summed E-state index contributed by atoms with van der Waals surface area (Å²) in [6.07, 6.45) is 0.876. The standard InChI is InChI=1S/C17H20N2O3S/c1-4-14-7-9-15(10-8-14)17(20)18-19-23(21,22)16-11-12(2)5-6-13(16)3/h5-11,19H,4H2,1-3H3,(H,18,20). The molecule has 0 aliphatic heterocycles. The second-order valence-electron chi connectivity index (χ2n) is 5.38. The molecule has 0 fully saturated rings. The minimum atomic E-state index is -3.81. The molecule has 0 radical (unpaired) electrons. The molecule has 0 saturated carbocycles. The Labute approximate surface area is 136 Å². The van der Waals surface area contributed by atoms with E-state index in [2.05, 4.69) is 10.3 Å². The van der Waals surface area contributed by atoms with Gasteiger partial charge in [-0.1, -0.05) is 31.2 Å². The Bertz CT molecular complexity index is 812. The van der Waals surface area contributed by atoms with Gasteiger partial charge in [0.05, 0.1) is 4.90 Å². The molecule has 6 heteroatoms. The minimum Gasteiger partial charge on any atom is -0.273 e. The summed E-state index contributed by atoms with van der Waals surface area (Å²) >= 11 is 0. The van der Waals surface area contributed by atoms with Crippen LogP contribution in [0.2, 0.25) is 0 Å². The second-order valence-corrected chi connectivity index (χ2v) is 7.03. The molecule has 23 heavy (non-hydrogen) atoms. The molecule has 2 aromatic rings. The van der Waals surface area contributed by atoms with Gasteiger partial charge in [-0.3, -0.25) is 10.2 Å². The van der Waals surface area contributed by atoms with Crippen LogP contribution >= 0.6 is 0 Å². The van der Waals surface area contributed by atoms with Crippen LogP contribution in [0.4, 0.5) is 0 Å². The number of hydrogen-bond donors (Lipinski definition) is 2. The lowest BCUT2D eigenvalue weighted by atomic mass is 10.1. The van der Waals surface area contributed by atoms with E-state index in [0.29, 0.717) is 11.1 Å². The maximum Gasteiger partial charge on any atom is 0.266 e. The molecule has 2 aromatic carbocycles. The molecule has 0 bridgehead atoms. The fraction of sp³-hybridized carbons (Fsp3) is 0.235. The fourth-order valence-corrected chi connectivity index (χ4v) is 3.30. The number of hydrogen-bond acceptors (Lipinski definition) is 3. The van der Waals surface area contributed by atoms with Crippen LogP contribution in [0.1, 0.15) is 34.0 Å². The molecule has 2 N–H and O–H groups in total. The van der Waals surface area contributed by atoms with Gasteiger partial charge in [0.25, 0.3) is 15.9 Å². The Kier molecular flexibility index (Phi) is 5.18. The molecule has 0 unspecified atom stereocenters. The summed E-state index contributed by atoms with van der Waals surface area (Å²) in [5.41, 5.74) is 5.19. The number of hydrazine groups is 1. The third-order valence-electron chi connectivity index (χ3n) is 3.56. The van der Waals surface area contributed by atoms with Crippen molar-refractivity contribution in [3.8, 4) is 0 Å². The van der Waals surface area contributed by atoms with Gasteiger partial charge in [-0.2, -0.15) is 0 Å². The number of carbonyl (C=O) groups excluding carboxylic acids is 1. The summed E-state index contributed by atoms with van der Waals surface area (Å²) in [5, 5.41) is 0. The van der Waals surface area contributed by atoms with Gasteiger partial charge in [0.15, 0.2) is 0 Å². The SMILES string of the molecule is CCc1ccc(C(=O)NNS(=O)(=O)c2cc(C)ccc2C)cc1. The van der Waals surface area contributed by atoms with Crippen molar-refractivity contribution in [2.75, 3.05) is 0 Å². The van der Waals surface area contributed by atoms with Crippen molar-refractivity contribution in [1.82, 2.24) is 10.3 Å². The van der Waals surface area contributed by atoms with Crippen LogP contribution in [-0.4, -0.2) is 14.3 Å². The lowest BCUT2D eigenvalue weighted by Gasteiger charge is -2.11. The van der Waals surface area contributed by atoms with Gasteiger partial charge >= 0.3 is 0 Å². The molecular weight excluding hydrogens is 312 g/mol. The third-order valence-corrected chi connectivity index (χ3v) is 4.95. The monoisotopic (exact) mass is 332 g/mol.